The predicted octanol–water partition coefficient (Wildman–Crippen LogP) is 1.53. The maximum atomic E-state index is 12.5. The molecule has 2 amide bonds. The van der Waals surface area contributed by atoms with Gasteiger partial charge in [0.2, 0.25) is 11.8 Å². The Morgan fingerprint density at radius 1 is 1.14 bits per heavy atom. The van der Waals surface area contributed by atoms with E-state index in [-0.39, 0.29) is 17.2 Å². The molecule has 1 saturated heterocycles. The summed E-state index contributed by atoms with van der Waals surface area (Å²) in [6.45, 7) is 9.81. The van der Waals surface area contributed by atoms with E-state index in [2.05, 4.69) is 17.6 Å². The van der Waals surface area contributed by atoms with Crippen LogP contribution in [0.4, 0.5) is 0 Å². The predicted molar refractivity (Wildman–Crippen MR) is 85.0 cm³/mol. The van der Waals surface area contributed by atoms with Gasteiger partial charge < -0.3 is 15.5 Å². The molecule has 21 heavy (non-hydrogen) atoms. The smallest absolute Gasteiger partial charge is 0.226 e. The highest BCUT2D eigenvalue weighted by atomic mass is 16.2. The molecule has 0 radical (unpaired) electrons. The molecule has 1 fully saturated rings. The van der Waals surface area contributed by atoms with Crippen LogP contribution >= 0.6 is 0 Å². The highest BCUT2D eigenvalue weighted by Crippen LogP contribution is 2.34. The second-order valence-electron chi connectivity index (χ2n) is 5.85. The Hall–Kier alpha value is -1.10. The third-order valence-corrected chi connectivity index (χ3v) is 4.51. The summed E-state index contributed by atoms with van der Waals surface area (Å²) in [5.41, 5.74) is -0.224. The minimum Gasteiger partial charge on any atom is -0.355 e. The molecular weight excluding hydrogens is 266 g/mol. The maximum absolute atomic E-state index is 12.5. The Morgan fingerprint density at radius 3 is 2.29 bits per heavy atom. The van der Waals surface area contributed by atoms with Crippen LogP contribution in [-0.4, -0.2) is 49.4 Å². The zero-order valence-corrected chi connectivity index (χ0v) is 13.8. The molecule has 2 N–H and O–H groups in total. The van der Waals surface area contributed by atoms with Crippen LogP contribution in [0.3, 0.4) is 0 Å². The molecule has 0 atom stereocenters. The fourth-order valence-electron chi connectivity index (χ4n) is 3.18. The van der Waals surface area contributed by atoms with Crippen LogP contribution in [0.5, 0.6) is 0 Å². The van der Waals surface area contributed by atoms with Gasteiger partial charge in [0.05, 0.1) is 5.41 Å². The summed E-state index contributed by atoms with van der Waals surface area (Å²) >= 11 is 0. The molecule has 0 saturated carbocycles. The van der Waals surface area contributed by atoms with Crippen molar-refractivity contribution in [3.63, 3.8) is 0 Å². The van der Waals surface area contributed by atoms with Crippen molar-refractivity contribution in [3.8, 4) is 0 Å². The maximum Gasteiger partial charge on any atom is 0.226 e. The summed E-state index contributed by atoms with van der Waals surface area (Å²) in [6, 6.07) is 0. The van der Waals surface area contributed by atoms with Crippen molar-refractivity contribution in [1.82, 2.24) is 15.5 Å². The molecule has 5 heteroatoms. The van der Waals surface area contributed by atoms with Gasteiger partial charge in [-0.2, -0.15) is 0 Å². The number of amides is 2. The Kier molecular flexibility index (Phi) is 7.72. The first-order valence-corrected chi connectivity index (χ1v) is 8.36. The summed E-state index contributed by atoms with van der Waals surface area (Å²) in [6.07, 6.45) is 4.15. The third kappa shape index (κ3) is 4.99. The van der Waals surface area contributed by atoms with Crippen molar-refractivity contribution in [2.75, 3.05) is 32.7 Å². The van der Waals surface area contributed by atoms with Crippen molar-refractivity contribution in [2.24, 2.45) is 5.41 Å². The van der Waals surface area contributed by atoms with E-state index >= 15 is 0 Å². The van der Waals surface area contributed by atoms with Crippen molar-refractivity contribution in [1.29, 1.82) is 0 Å². The number of hydrogen-bond acceptors (Lipinski definition) is 3. The Morgan fingerprint density at radius 2 is 1.76 bits per heavy atom. The second-order valence-corrected chi connectivity index (χ2v) is 5.85. The van der Waals surface area contributed by atoms with Gasteiger partial charge in [0.15, 0.2) is 0 Å². The topological polar surface area (TPSA) is 61.4 Å². The van der Waals surface area contributed by atoms with E-state index in [9.17, 15) is 9.59 Å². The fourth-order valence-corrected chi connectivity index (χ4v) is 3.18. The quantitative estimate of drug-likeness (QED) is 0.714. The lowest BCUT2D eigenvalue weighted by Gasteiger charge is -2.36. The van der Waals surface area contributed by atoms with Crippen LogP contribution in [0.2, 0.25) is 0 Å². The zero-order valence-electron chi connectivity index (χ0n) is 13.8. The number of carbonyl (C=O) groups excluding carboxylic acids is 2. The van der Waals surface area contributed by atoms with Crippen molar-refractivity contribution >= 4 is 11.8 Å². The number of nitrogens with one attached hydrogen (secondary N) is 2. The monoisotopic (exact) mass is 297 g/mol. The molecule has 0 bridgehead atoms. The molecule has 1 heterocycles. The van der Waals surface area contributed by atoms with Crippen LogP contribution in [0.1, 0.15) is 52.9 Å². The molecule has 5 nitrogen and oxygen atoms in total. The van der Waals surface area contributed by atoms with Crippen molar-refractivity contribution < 1.29 is 9.59 Å². The van der Waals surface area contributed by atoms with Gasteiger partial charge >= 0.3 is 0 Å². The van der Waals surface area contributed by atoms with E-state index in [1.165, 1.54) is 0 Å². The normalized spacial score (nSPS) is 17.3. The summed E-state index contributed by atoms with van der Waals surface area (Å²) in [4.78, 5) is 26.3. The van der Waals surface area contributed by atoms with E-state index in [0.29, 0.717) is 13.0 Å². The van der Waals surface area contributed by atoms with E-state index in [4.69, 9.17) is 0 Å². The SMILES string of the molecule is CCCC1(C(=O)NCCC(=O)N(CC)CC)CCNCC1. The molecular formula is C16H31N3O2. The Balaban J connectivity index is 2.45. The Bertz CT molecular complexity index is 329. The first kappa shape index (κ1) is 18.0. The lowest BCUT2D eigenvalue weighted by molar-refractivity contribution is -0.134. The zero-order chi connectivity index (χ0) is 15.7. The van der Waals surface area contributed by atoms with Gasteiger partial charge in [-0.25, -0.2) is 0 Å². The average Bonchev–Trinajstić information content (AvgIpc) is 2.49. The number of rotatable bonds is 8. The third-order valence-electron chi connectivity index (χ3n) is 4.51. The van der Waals surface area contributed by atoms with Crippen LogP contribution in [0, 0.1) is 5.41 Å². The van der Waals surface area contributed by atoms with Crippen LogP contribution in [0.25, 0.3) is 0 Å². The number of carbonyl (C=O) groups is 2. The molecule has 0 aromatic carbocycles. The first-order chi connectivity index (χ1) is 10.1. The van der Waals surface area contributed by atoms with Gasteiger partial charge in [-0.1, -0.05) is 13.3 Å². The highest BCUT2D eigenvalue weighted by Gasteiger charge is 2.38. The van der Waals surface area contributed by atoms with Crippen molar-refractivity contribution in [2.45, 2.75) is 52.9 Å². The number of piperidine rings is 1. The second kappa shape index (κ2) is 9.03. The largest absolute Gasteiger partial charge is 0.355 e. The number of nitrogens with zero attached hydrogens (tertiary/aromatic N) is 1. The fraction of sp³-hybridized carbons (Fsp3) is 0.875. The molecule has 0 aliphatic carbocycles. The van der Waals surface area contributed by atoms with Gasteiger partial charge in [-0.3, -0.25) is 9.59 Å². The number of hydrogen-bond donors (Lipinski definition) is 2. The van der Waals surface area contributed by atoms with E-state index in [0.717, 1.165) is 51.9 Å². The highest BCUT2D eigenvalue weighted by molar-refractivity contribution is 5.83. The lowest BCUT2D eigenvalue weighted by Crippen LogP contribution is -2.48. The Labute approximate surface area is 128 Å². The van der Waals surface area contributed by atoms with Gasteiger partial charge in [0, 0.05) is 26.1 Å². The lowest BCUT2D eigenvalue weighted by atomic mass is 9.74. The molecule has 1 aliphatic rings. The van der Waals surface area contributed by atoms with Gasteiger partial charge in [-0.15, -0.1) is 0 Å². The summed E-state index contributed by atoms with van der Waals surface area (Å²) in [5.74, 6) is 0.258. The first-order valence-electron chi connectivity index (χ1n) is 8.36. The van der Waals surface area contributed by atoms with E-state index in [1.54, 1.807) is 4.90 Å². The van der Waals surface area contributed by atoms with Gasteiger partial charge in [0.1, 0.15) is 0 Å². The minimum atomic E-state index is -0.224. The van der Waals surface area contributed by atoms with Gasteiger partial charge in [-0.05, 0) is 46.2 Å². The van der Waals surface area contributed by atoms with Crippen LogP contribution in [0.15, 0.2) is 0 Å². The molecule has 0 aromatic rings. The molecule has 1 aliphatic heterocycles. The standard InChI is InChI=1S/C16H31N3O2/c1-4-8-16(9-12-17-13-10-16)15(21)18-11-7-14(20)19(5-2)6-3/h17H,4-13H2,1-3H3,(H,18,21). The summed E-state index contributed by atoms with van der Waals surface area (Å²) in [5, 5.41) is 6.31. The van der Waals surface area contributed by atoms with E-state index < -0.39 is 0 Å². The molecule has 0 aromatic heterocycles. The summed E-state index contributed by atoms with van der Waals surface area (Å²) < 4.78 is 0. The summed E-state index contributed by atoms with van der Waals surface area (Å²) in [7, 11) is 0. The van der Waals surface area contributed by atoms with Crippen LogP contribution in [-0.2, 0) is 9.59 Å². The van der Waals surface area contributed by atoms with Crippen LogP contribution < -0.4 is 10.6 Å². The van der Waals surface area contributed by atoms with Crippen molar-refractivity contribution in [3.05, 3.63) is 0 Å². The molecule has 1 rings (SSSR count). The molecule has 0 unspecified atom stereocenters. The van der Waals surface area contributed by atoms with Gasteiger partial charge in [0.25, 0.3) is 0 Å². The minimum absolute atomic E-state index is 0.121. The van der Waals surface area contributed by atoms with E-state index in [1.807, 2.05) is 13.8 Å². The average molecular weight is 297 g/mol. The molecule has 0 spiro atoms. The molecule has 122 valence electrons.